The van der Waals surface area contributed by atoms with Gasteiger partial charge in [-0.1, -0.05) is 6.07 Å². The molecule has 2 aromatic rings. The summed E-state index contributed by atoms with van der Waals surface area (Å²) < 4.78 is 14.8. The van der Waals surface area contributed by atoms with Crippen molar-refractivity contribution in [2.45, 2.75) is 6.42 Å². The number of carboxylic acid groups (broad SMARTS) is 1. The lowest BCUT2D eigenvalue weighted by Gasteiger charge is -2.04. The van der Waals surface area contributed by atoms with Gasteiger partial charge < -0.3 is 10.4 Å². The van der Waals surface area contributed by atoms with E-state index in [-0.39, 0.29) is 12.4 Å². The topological polar surface area (TPSA) is 49.3 Å². The van der Waals surface area contributed by atoms with E-state index >= 15 is 0 Å². The highest BCUT2D eigenvalue weighted by atomic mass is 32.1. The van der Waals surface area contributed by atoms with E-state index in [0.29, 0.717) is 17.4 Å². The highest BCUT2D eigenvalue weighted by Gasteiger charge is 2.08. The number of fused-ring (bicyclic) bond motifs is 1. The van der Waals surface area contributed by atoms with Crippen LogP contribution in [0.3, 0.4) is 0 Å². The molecule has 1 heterocycles. The molecule has 0 aliphatic carbocycles. The summed E-state index contributed by atoms with van der Waals surface area (Å²) in [5.41, 5.74) is 0.541. The third kappa shape index (κ3) is 2.14. The Bertz CT molecular complexity index is 524. The van der Waals surface area contributed by atoms with Crippen molar-refractivity contribution in [3.63, 3.8) is 0 Å². The zero-order valence-corrected chi connectivity index (χ0v) is 9.18. The number of rotatable bonds is 3. The van der Waals surface area contributed by atoms with Crippen molar-refractivity contribution >= 4 is 27.5 Å². The van der Waals surface area contributed by atoms with Crippen LogP contribution in [-0.4, -0.2) is 17.7 Å². The molecular formula is C11H10FNO2S. The fourth-order valence-corrected chi connectivity index (χ4v) is 2.33. The van der Waals surface area contributed by atoms with Crippen molar-refractivity contribution in [2.75, 3.05) is 6.54 Å². The van der Waals surface area contributed by atoms with E-state index in [1.165, 1.54) is 11.3 Å². The first-order valence-electron chi connectivity index (χ1n) is 4.80. The Labute approximate surface area is 95.5 Å². The fourth-order valence-electron chi connectivity index (χ4n) is 1.55. The van der Waals surface area contributed by atoms with E-state index in [1.807, 2.05) is 11.4 Å². The lowest BCUT2D eigenvalue weighted by atomic mass is 10.1. The van der Waals surface area contributed by atoms with E-state index in [9.17, 15) is 9.18 Å². The number of hydrogen-bond acceptors (Lipinski definition) is 2. The Morgan fingerprint density at radius 3 is 3.00 bits per heavy atom. The summed E-state index contributed by atoms with van der Waals surface area (Å²) in [7, 11) is 0. The molecule has 0 atom stereocenters. The van der Waals surface area contributed by atoms with Gasteiger partial charge in [0.2, 0.25) is 0 Å². The van der Waals surface area contributed by atoms with E-state index in [2.05, 4.69) is 5.32 Å². The van der Waals surface area contributed by atoms with Crippen LogP contribution in [0.4, 0.5) is 9.18 Å². The Hall–Kier alpha value is -1.62. The molecule has 2 N–H and O–H groups in total. The van der Waals surface area contributed by atoms with Crippen molar-refractivity contribution in [3.05, 3.63) is 35.0 Å². The van der Waals surface area contributed by atoms with Crippen LogP contribution < -0.4 is 5.32 Å². The normalized spacial score (nSPS) is 10.6. The molecule has 0 saturated heterocycles. The smallest absolute Gasteiger partial charge is 0.404 e. The zero-order chi connectivity index (χ0) is 11.5. The molecule has 0 saturated carbocycles. The van der Waals surface area contributed by atoms with Gasteiger partial charge in [0.05, 0.1) is 0 Å². The molecule has 0 spiro atoms. The van der Waals surface area contributed by atoms with Crippen LogP contribution >= 0.6 is 11.3 Å². The first-order chi connectivity index (χ1) is 7.68. The van der Waals surface area contributed by atoms with Gasteiger partial charge in [-0.15, -0.1) is 11.3 Å². The fraction of sp³-hybridized carbons (Fsp3) is 0.182. The summed E-state index contributed by atoms with van der Waals surface area (Å²) in [6.07, 6.45) is -0.721. The van der Waals surface area contributed by atoms with E-state index in [0.717, 1.165) is 4.70 Å². The average Bonchev–Trinajstić information content (AvgIpc) is 2.69. The lowest BCUT2D eigenvalue weighted by molar-refractivity contribution is 0.194. The Morgan fingerprint density at radius 2 is 2.25 bits per heavy atom. The average molecular weight is 239 g/mol. The third-order valence-electron chi connectivity index (χ3n) is 2.32. The van der Waals surface area contributed by atoms with Crippen molar-refractivity contribution in [3.8, 4) is 0 Å². The molecule has 1 aromatic heterocycles. The highest BCUT2D eigenvalue weighted by Crippen LogP contribution is 2.25. The minimum Gasteiger partial charge on any atom is -0.465 e. The second-order valence-electron chi connectivity index (χ2n) is 3.35. The number of benzene rings is 1. The van der Waals surface area contributed by atoms with Crippen molar-refractivity contribution in [2.24, 2.45) is 0 Å². The number of thiophene rings is 1. The molecule has 16 heavy (non-hydrogen) atoms. The predicted molar refractivity (Wildman–Crippen MR) is 61.5 cm³/mol. The van der Waals surface area contributed by atoms with Gasteiger partial charge in [-0.2, -0.15) is 0 Å². The summed E-state index contributed by atoms with van der Waals surface area (Å²) in [5, 5.41) is 13.1. The number of hydrogen-bond donors (Lipinski definition) is 2. The summed E-state index contributed by atoms with van der Waals surface area (Å²) in [5.74, 6) is -0.245. The van der Waals surface area contributed by atoms with Crippen LogP contribution in [0.1, 0.15) is 5.56 Å². The summed E-state index contributed by atoms with van der Waals surface area (Å²) in [6, 6.07) is 5.31. The van der Waals surface area contributed by atoms with Crippen LogP contribution in [0.15, 0.2) is 23.6 Å². The van der Waals surface area contributed by atoms with E-state index in [4.69, 9.17) is 5.11 Å². The molecule has 0 aliphatic heterocycles. The molecule has 2 rings (SSSR count). The van der Waals surface area contributed by atoms with Gasteiger partial charge in [0.15, 0.2) is 0 Å². The molecule has 3 nitrogen and oxygen atoms in total. The summed E-state index contributed by atoms with van der Waals surface area (Å²) >= 11 is 1.49. The number of amides is 1. The van der Waals surface area contributed by atoms with E-state index < -0.39 is 6.09 Å². The van der Waals surface area contributed by atoms with Gasteiger partial charge >= 0.3 is 6.09 Å². The molecule has 84 valence electrons. The molecule has 5 heteroatoms. The van der Waals surface area contributed by atoms with E-state index in [1.54, 1.807) is 12.1 Å². The third-order valence-corrected chi connectivity index (χ3v) is 3.20. The van der Waals surface area contributed by atoms with Crippen molar-refractivity contribution in [1.82, 2.24) is 5.32 Å². The first-order valence-corrected chi connectivity index (χ1v) is 5.68. The monoisotopic (exact) mass is 239 g/mol. The van der Waals surface area contributed by atoms with Crippen molar-refractivity contribution in [1.29, 1.82) is 0 Å². The van der Waals surface area contributed by atoms with Crippen molar-refractivity contribution < 1.29 is 14.3 Å². The number of halogens is 1. The van der Waals surface area contributed by atoms with Crippen LogP contribution in [-0.2, 0) is 6.42 Å². The number of nitrogens with one attached hydrogen (secondary N) is 1. The molecule has 0 fully saturated rings. The SMILES string of the molecule is O=C(O)NCCc1ccc2sccc2c1F. The molecule has 0 unspecified atom stereocenters. The molecule has 1 aromatic carbocycles. The summed E-state index contributed by atoms with van der Waals surface area (Å²) in [6.45, 7) is 0.224. The second kappa shape index (κ2) is 4.49. The standard InChI is InChI=1S/C11H10FNO2S/c12-10-7(3-5-13-11(14)15)1-2-9-8(10)4-6-16-9/h1-2,4,6,13H,3,5H2,(H,14,15). The Morgan fingerprint density at radius 1 is 1.44 bits per heavy atom. The molecule has 0 radical (unpaired) electrons. The zero-order valence-electron chi connectivity index (χ0n) is 8.37. The molecule has 1 amide bonds. The highest BCUT2D eigenvalue weighted by molar-refractivity contribution is 7.17. The predicted octanol–water partition coefficient (Wildman–Crippen LogP) is 2.85. The number of carbonyl (C=O) groups is 1. The van der Waals surface area contributed by atoms with Gasteiger partial charge in [-0.05, 0) is 29.5 Å². The molecule has 0 bridgehead atoms. The quantitative estimate of drug-likeness (QED) is 0.865. The largest absolute Gasteiger partial charge is 0.465 e. The van der Waals surface area contributed by atoms with Crippen LogP contribution in [0.25, 0.3) is 10.1 Å². The van der Waals surface area contributed by atoms with Crippen LogP contribution in [0, 0.1) is 5.82 Å². The molecular weight excluding hydrogens is 229 g/mol. The van der Waals surface area contributed by atoms with Gasteiger partial charge in [0.25, 0.3) is 0 Å². The van der Waals surface area contributed by atoms with Gasteiger partial charge in [-0.3, -0.25) is 0 Å². The first kappa shape index (κ1) is 10.9. The minimum atomic E-state index is -1.09. The maximum Gasteiger partial charge on any atom is 0.404 e. The van der Waals surface area contributed by atoms with Crippen LogP contribution in [0.2, 0.25) is 0 Å². The molecule has 0 aliphatic rings. The maximum atomic E-state index is 13.9. The Kier molecular flexibility index (Phi) is 3.05. The lowest BCUT2D eigenvalue weighted by Crippen LogP contribution is -2.23. The van der Waals surface area contributed by atoms with Crippen LogP contribution in [0.5, 0.6) is 0 Å². The maximum absolute atomic E-state index is 13.9. The van der Waals surface area contributed by atoms with Gasteiger partial charge in [0.1, 0.15) is 5.82 Å². The van der Waals surface area contributed by atoms with Gasteiger partial charge in [0, 0.05) is 16.6 Å². The summed E-state index contributed by atoms with van der Waals surface area (Å²) in [4.78, 5) is 10.2. The van der Waals surface area contributed by atoms with Gasteiger partial charge in [-0.25, -0.2) is 9.18 Å². The minimum absolute atomic E-state index is 0.224. The Balaban J connectivity index is 2.17. The second-order valence-corrected chi connectivity index (χ2v) is 4.30.